The van der Waals surface area contributed by atoms with Crippen LogP contribution in [0.3, 0.4) is 0 Å². The normalized spacial score (nSPS) is 10.0. The zero-order chi connectivity index (χ0) is 13.8. The SMILES string of the molecule is COc1ccc(-c2ccc(O)cc2OC=O)c(C)c1. The number of phenolic OH excluding ortho intramolecular Hbond substituents is 1. The molecule has 0 saturated heterocycles. The number of carbonyl (C=O) groups excluding carboxylic acids is 1. The Balaban J connectivity index is 2.54. The van der Waals surface area contributed by atoms with Gasteiger partial charge in [0.25, 0.3) is 6.47 Å². The van der Waals surface area contributed by atoms with Crippen LogP contribution in [0.2, 0.25) is 0 Å². The summed E-state index contributed by atoms with van der Waals surface area (Å²) in [6.45, 7) is 2.28. The molecule has 2 rings (SSSR count). The van der Waals surface area contributed by atoms with Crippen molar-refractivity contribution >= 4 is 6.47 Å². The first-order valence-corrected chi connectivity index (χ1v) is 5.74. The van der Waals surface area contributed by atoms with Crippen molar-refractivity contribution in [1.82, 2.24) is 0 Å². The molecule has 0 fully saturated rings. The standard InChI is InChI=1S/C15H14O4/c1-10-7-12(18-2)4-6-13(10)14-5-3-11(17)8-15(14)19-9-16/h3-9,17H,1-2H3. The van der Waals surface area contributed by atoms with Crippen molar-refractivity contribution in [2.24, 2.45) is 0 Å². The monoisotopic (exact) mass is 258 g/mol. The molecule has 0 aliphatic carbocycles. The maximum absolute atomic E-state index is 10.5. The van der Waals surface area contributed by atoms with E-state index in [0.717, 1.165) is 22.4 Å². The molecule has 0 aliphatic heterocycles. The van der Waals surface area contributed by atoms with E-state index in [4.69, 9.17) is 9.47 Å². The van der Waals surface area contributed by atoms with Gasteiger partial charge in [-0.05, 0) is 42.3 Å². The summed E-state index contributed by atoms with van der Waals surface area (Å²) >= 11 is 0. The molecule has 2 aromatic carbocycles. The Bertz CT molecular complexity index is 605. The van der Waals surface area contributed by atoms with Gasteiger partial charge in [-0.2, -0.15) is 0 Å². The second-order valence-corrected chi connectivity index (χ2v) is 4.08. The van der Waals surface area contributed by atoms with Crippen LogP contribution in [0.1, 0.15) is 5.56 Å². The van der Waals surface area contributed by atoms with E-state index >= 15 is 0 Å². The van der Waals surface area contributed by atoms with Crippen molar-refractivity contribution in [1.29, 1.82) is 0 Å². The highest BCUT2D eigenvalue weighted by atomic mass is 16.5. The first kappa shape index (κ1) is 13.0. The van der Waals surface area contributed by atoms with Crippen molar-refractivity contribution in [3.05, 3.63) is 42.0 Å². The van der Waals surface area contributed by atoms with Crippen molar-refractivity contribution < 1.29 is 19.4 Å². The van der Waals surface area contributed by atoms with E-state index in [1.165, 1.54) is 6.07 Å². The largest absolute Gasteiger partial charge is 0.508 e. The Labute approximate surface area is 111 Å². The minimum absolute atomic E-state index is 0.0479. The Morgan fingerprint density at radius 3 is 2.47 bits per heavy atom. The number of aromatic hydroxyl groups is 1. The third-order valence-corrected chi connectivity index (χ3v) is 2.86. The predicted octanol–water partition coefficient (Wildman–Crippen LogP) is 2.91. The molecule has 4 nitrogen and oxygen atoms in total. The molecule has 0 atom stereocenters. The van der Waals surface area contributed by atoms with Crippen LogP contribution in [0, 0.1) is 6.92 Å². The van der Waals surface area contributed by atoms with Crippen LogP contribution >= 0.6 is 0 Å². The number of methoxy groups -OCH3 is 1. The molecule has 4 heteroatoms. The van der Waals surface area contributed by atoms with Crippen LogP contribution in [-0.4, -0.2) is 18.7 Å². The number of ether oxygens (including phenoxy) is 2. The van der Waals surface area contributed by atoms with Gasteiger partial charge in [0, 0.05) is 11.6 Å². The van der Waals surface area contributed by atoms with Crippen LogP contribution in [0.25, 0.3) is 11.1 Å². The summed E-state index contributed by atoms with van der Waals surface area (Å²) < 4.78 is 10.1. The average Bonchev–Trinajstić information content (AvgIpc) is 2.40. The third kappa shape index (κ3) is 2.68. The first-order valence-electron chi connectivity index (χ1n) is 5.74. The molecule has 0 radical (unpaired) electrons. The second-order valence-electron chi connectivity index (χ2n) is 4.08. The van der Waals surface area contributed by atoms with Gasteiger partial charge in [-0.25, -0.2) is 0 Å². The highest BCUT2D eigenvalue weighted by Gasteiger charge is 2.10. The molecule has 0 aliphatic rings. The Kier molecular flexibility index (Phi) is 3.71. The molecule has 2 aromatic rings. The summed E-state index contributed by atoms with van der Waals surface area (Å²) in [5, 5.41) is 9.45. The number of phenols is 1. The maximum Gasteiger partial charge on any atom is 0.298 e. The molecule has 0 unspecified atom stereocenters. The lowest BCUT2D eigenvalue weighted by atomic mass is 9.99. The zero-order valence-electron chi connectivity index (χ0n) is 10.7. The van der Waals surface area contributed by atoms with Crippen LogP contribution < -0.4 is 9.47 Å². The second kappa shape index (κ2) is 5.44. The van der Waals surface area contributed by atoms with Gasteiger partial charge >= 0.3 is 0 Å². The van der Waals surface area contributed by atoms with Gasteiger partial charge in [-0.1, -0.05) is 6.07 Å². The van der Waals surface area contributed by atoms with Gasteiger partial charge in [-0.15, -0.1) is 0 Å². The molecular weight excluding hydrogens is 244 g/mol. The highest BCUT2D eigenvalue weighted by molar-refractivity contribution is 5.76. The smallest absolute Gasteiger partial charge is 0.298 e. The summed E-state index contributed by atoms with van der Waals surface area (Å²) in [4.78, 5) is 10.5. The fourth-order valence-corrected chi connectivity index (χ4v) is 1.95. The maximum atomic E-state index is 10.5. The molecule has 1 N–H and O–H groups in total. The van der Waals surface area contributed by atoms with E-state index in [1.54, 1.807) is 19.2 Å². The van der Waals surface area contributed by atoms with E-state index in [-0.39, 0.29) is 5.75 Å². The Morgan fingerprint density at radius 1 is 1.11 bits per heavy atom. The average molecular weight is 258 g/mol. The lowest BCUT2D eigenvalue weighted by Gasteiger charge is -2.11. The minimum Gasteiger partial charge on any atom is -0.508 e. The molecule has 0 aromatic heterocycles. The molecule has 0 saturated carbocycles. The molecule has 0 spiro atoms. The van der Waals surface area contributed by atoms with E-state index < -0.39 is 0 Å². The fourth-order valence-electron chi connectivity index (χ4n) is 1.95. The number of hydrogen-bond donors (Lipinski definition) is 1. The number of rotatable bonds is 4. The summed E-state index contributed by atoms with van der Waals surface area (Å²) in [7, 11) is 1.61. The van der Waals surface area contributed by atoms with Gasteiger partial charge in [-0.3, -0.25) is 4.79 Å². The topological polar surface area (TPSA) is 55.8 Å². The van der Waals surface area contributed by atoms with Crippen LogP contribution in [0.15, 0.2) is 36.4 Å². The number of aryl methyl sites for hydroxylation is 1. The summed E-state index contributed by atoms with van der Waals surface area (Å²) in [6, 6.07) is 10.3. The summed E-state index contributed by atoms with van der Waals surface area (Å²) in [6.07, 6.45) is 0. The number of benzene rings is 2. The van der Waals surface area contributed by atoms with Gasteiger partial charge in [0.15, 0.2) is 0 Å². The van der Waals surface area contributed by atoms with Crippen molar-refractivity contribution in [2.45, 2.75) is 6.92 Å². The third-order valence-electron chi connectivity index (χ3n) is 2.86. The van der Waals surface area contributed by atoms with Crippen molar-refractivity contribution in [3.8, 4) is 28.4 Å². The Hall–Kier alpha value is -2.49. The minimum atomic E-state index is 0.0479. The summed E-state index contributed by atoms with van der Waals surface area (Å²) in [5.41, 5.74) is 2.64. The van der Waals surface area contributed by atoms with Crippen LogP contribution in [-0.2, 0) is 4.79 Å². The van der Waals surface area contributed by atoms with Crippen LogP contribution in [0.4, 0.5) is 0 Å². The van der Waals surface area contributed by atoms with E-state index in [0.29, 0.717) is 12.2 Å². The van der Waals surface area contributed by atoms with E-state index in [9.17, 15) is 9.90 Å². The lowest BCUT2D eigenvalue weighted by Crippen LogP contribution is -1.93. The molecule has 98 valence electrons. The van der Waals surface area contributed by atoms with Crippen molar-refractivity contribution in [3.63, 3.8) is 0 Å². The predicted molar refractivity (Wildman–Crippen MR) is 71.5 cm³/mol. The van der Waals surface area contributed by atoms with Gasteiger partial charge < -0.3 is 14.6 Å². The zero-order valence-corrected chi connectivity index (χ0v) is 10.7. The fraction of sp³-hybridized carbons (Fsp3) is 0.133. The highest BCUT2D eigenvalue weighted by Crippen LogP contribution is 2.35. The number of hydrogen-bond acceptors (Lipinski definition) is 4. The number of carbonyl (C=O) groups is 1. The van der Waals surface area contributed by atoms with Gasteiger partial charge in [0.2, 0.25) is 0 Å². The van der Waals surface area contributed by atoms with Crippen molar-refractivity contribution in [2.75, 3.05) is 7.11 Å². The molecule has 0 heterocycles. The first-order chi connectivity index (χ1) is 9.15. The molecular formula is C15H14O4. The molecule has 19 heavy (non-hydrogen) atoms. The lowest BCUT2D eigenvalue weighted by molar-refractivity contribution is -0.120. The molecule has 0 bridgehead atoms. The van der Waals surface area contributed by atoms with E-state index in [1.807, 2.05) is 25.1 Å². The molecule has 0 amide bonds. The van der Waals surface area contributed by atoms with Gasteiger partial charge in [0.05, 0.1) is 7.11 Å². The van der Waals surface area contributed by atoms with E-state index in [2.05, 4.69) is 0 Å². The quantitative estimate of drug-likeness (QED) is 0.857. The Morgan fingerprint density at radius 2 is 1.84 bits per heavy atom. The van der Waals surface area contributed by atoms with Crippen LogP contribution in [0.5, 0.6) is 17.2 Å². The summed E-state index contributed by atoms with van der Waals surface area (Å²) in [5.74, 6) is 1.13. The van der Waals surface area contributed by atoms with Gasteiger partial charge in [0.1, 0.15) is 17.2 Å².